The van der Waals surface area contributed by atoms with Crippen LogP contribution in [0.2, 0.25) is 0 Å². The van der Waals surface area contributed by atoms with Gasteiger partial charge in [0.05, 0.1) is 28.3 Å². The highest BCUT2D eigenvalue weighted by atomic mass is 16.3. The fourth-order valence-electron chi connectivity index (χ4n) is 11.2. The van der Waals surface area contributed by atoms with Crippen molar-refractivity contribution in [2.45, 2.75) is 18.4 Å². The molecule has 12 aromatic rings. The minimum absolute atomic E-state index is 0.0436. The molecule has 6 heteroatoms. The molecule has 1 aliphatic heterocycles. The van der Waals surface area contributed by atoms with Gasteiger partial charge in [-0.2, -0.15) is 0 Å². The van der Waals surface area contributed by atoms with Crippen molar-refractivity contribution in [1.29, 1.82) is 0 Å². The molecule has 3 aromatic heterocycles. The number of para-hydroxylation sites is 4. The van der Waals surface area contributed by atoms with Gasteiger partial charge in [-0.3, -0.25) is 0 Å². The first kappa shape index (κ1) is 38.4. The molecule has 2 unspecified atom stereocenters. The molecule has 0 bridgehead atoms. The summed E-state index contributed by atoms with van der Waals surface area (Å²) in [6.07, 6.45) is 6.71. The first-order valence-corrected chi connectivity index (χ1v) is 23.2. The van der Waals surface area contributed by atoms with Crippen LogP contribution in [-0.4, -0.2) is 25.6 Å². The normalized spacial score (nSPS) is 16.5. The van der Waals surface area contributed by atoms with Crippen molar-refractivity contribution in [2.75, 3.05) is 4.90 Å². The van der Waals surface area contributed by atoms with E-state index in [0.29, 0.717) is 17.5 Å². The van der Waals surface area contributed by atoms with E-state index in [1.54, 1.807) is 0 Å². The molecule has 2 atom stereocenters. The molecule has 0 saturated heterocycles. The van der Waals surface area contributed by atoms with Gasteiger partial charge < -0.3 is 13.9 Å². The molecular formula is C62H41N5O. The van der Waals surface area contributed by atoms with Gasteiger partial charge in [0.25, 0.3) is 0 Å². The summed E-state index contributed by atoms with van der Waals surface area (Å²) in [5.41, 5.74) is 12.6. The van der Waals surface area contributed by atoms with Crippen LogP contribution in [0.5, 0.6) is 0 Å². The van der Waals surface area contributed by atoms with Gasteiger partial charge in [0, 0.05) is 49.5 Å². The Hall–Kier alpha value is -8.87. The third-order valence-corrected chi connectivity index (χ3v) is 14.4. The fraction of sp³-hybridized carbons (Fsp3) is 0.0484. The minimum Gasteiger partial charge on any atom is -0.455 e. The van der Waals surface area contributed by atoms with Gasteiger partial charge in [-0.1, -0.05) is 170 Å². The molecule has 1 aliphatic carbocycles. The van der Waals surface area contributed by atoms with E-state index in [2.05, 4.69) is 223 Å². The zero-order valence-corrected chi connectivity index (χ0v) is 37.1. The predicted octanol–water partition coefficient (Wildman–Crippen LogP) is 15.5. The number of hydrogen-bond acceptors (Lipinski definition) is 5. The lowest BCUT2D eigenvalue weighted by molar-refractivity contribution is 0.564. The number of benzene rings is 9. The summed E-state index contributed by atoms with van der Waals surface area (Å²) in [6.45, 7) is 2.35. The average Bonchev–Trinajstić information content (AvgIpc) is 4.03. The molecule has 2 aliphatic rings. The van der Waals surface area contributed by atoms with Gasteiger partial charge in [-0.25, -0.2) is 15.0 Å². The predicted molar refractivity (Wildman–Crippen MR) is 279 cm³/mol. The molecule has 0 saturated carbocycles. The fourth-order valence-corrected chi connectivity index (χ4v) is 11.2. The monoisotopic (exact) mass is 871 g/mol. The second kappa shape index (κ2) is 14.8. The van der Waals surface area contributed by atoms with E-state index in [0.717, 1.165) is 72.2 Å². The van der Waals surface area contributed by atoms with Crippen LogP contribution in [0.4, 0.5) is 11.4 Å². The number of nitrogens with zero attached hydrogens (tertiary/aromatic N) is 5. The summed E-state index contributed by atoms with van der Waals surface area (Å²) in [5.74, 6) is 1.73. The van der Waals surface area contributed by atoms with E-state index >= 15 is 0 Å². The van der Waals surface area contributed by atoms with Crippen LogP contribution in [0.15, 0.2) is 229 Å². The lowest BCUT2D eigenvalue weighted by Crippen LogP contribution is -2.42. The Balaban J connectivity index is 1.06. The maximum atomic E-state index is 7.02. The van der Waals surface area contributed by atoms with E-state index in [9.17, 15) is 0 Å². The molecule has 14 rings (SSSR count). The molecule has 0 amide bonds. The van der Waals surface area contributed by atoms with E-state index in [4.69, 9.17) is 19.4 Å². The standard InChI is InChI=1S/C62H41N5O/c1-62-49-25-12-14-28-52(49)66(44-21-6-3-7-22-44)56(62)30-16-26-50(62)60-63-59(41-33-31-40(32-34-41)39-17-4-2-5-18-39)64-61(65-60)57-53(36-35-47-46-24-11-15-29-55(46)68-58(47)57)67-51-27-13-10-23-45(51)48-37-42-19-8-9-20-43(42)38-54(48)67/h2-38,56H,1H3. The molecule has 0 fully saturated rings. The highest BCUT2D eigenvalue weighted by Gasteiger charge is 2.51. The Morgan fingerprint density at radius 1 is 0.485 bits per heavy atom. The number of fused-ring (bicyclic) bond motifs is 10. The van der Waals surface area contributed by atoms with Crippen LogP contribution in [0.1, 0.15) is 18.3 Å². The topological polar surface area (TPSA) is 60.0 Å². The van der Waals surface area contributed by atoms with Crippen molar-refractivity contribution < 1.29 is 4.42 Å². The summed E-state index contributed by atoms with van der Waals surface area (Å²) >= 11 is 0. The van der Waals surface area contributed by atoms with Gasteiger partial charge in [0.15, 0.2) is 17.5 Å². The Kier molecular flexibility index (Phi) is 8.37. The third kappa shape index (κ3) is 5.67. The molecule has 320 valence electrons. The molecule has 68 heavy (non-hydrogen) atoms. The number of rotatable bonds is 6. The largest absolute Gasteiger partial charge is 0.455 e. The Bertz CT molecular complexity index is 4050. The lowest BCUT2D eigenvalue weighted by Gasteiger charge is -2.38. The zero-order valence-electron chi connectivity index (χ0n) is 37.1. The first-order valence-electron chi connectivity index (χ1n) is 23.2. The number of hydrogen-bond donors (Lipinski definition) is 0. The first-order chi connectivity index (χ1) is 33.6. The third-order valence-electron chi connectivity index (χ3n) is 14.4. The smallest absolute Gasteiger partial charge is 0.169 e. The lowest BCUT2D eigenvalue weighted by atomic mass is 9.69. The van der Waals surface area contributed by atoms with Gasteiger partial charge in [0.1, 0.15) is 11.2 Å². The summed E-state index contributed by atoms with van der Waals surface area (Å²) < 4.78 is 9.40. The van der Waals surface area contributed by atoms with Crippen LogP contribution in [0.3, 0.4) is 0 Å². The number of allylic oxidation sites excluding steroid dienone is 2. The van der Waals surface area contributed by atoms with Crippen LogP contribution in [-0.2, 0) is 5.41 Å². The molecular weight excluding hydrogens is 831 g/mol. The molecule has 4 heterocycles. The van der Waals surface area contributed by atoms with E-state index in [1.807, 2.05) is 18.2 Å². The Labute approximate surface area is 392 Å². The molecule has 9 aromatic carbocycles. The van der Waals surface area contributed by atoms with Crippen molar-refractivity contribution in [1.82, 2.24) is 19.5 Å². The highest BCUT2D eigenvalue weighted by Crippen LogP contribution is 2.56. The Morgan fingerprint density at radius 3 is 1.97 bits per heavy atom. The zero-order chi connectivity index (χ0) is 44.9. The Morgan fingerprint density at radius 2 is 1.13 bits per heavy atom. The van der Waals surface area contributed by atoms with E-state index in [1.165, 1.54) is 32.8 Å². The van der Waals surface area contributed by atoms with Crippen molar-refractivity contribution >= 4 is 71.5 Å². The molecule has 6 nitrogen and oxygen atoms in total. The van der Waals surface area contributed by atoms with Crippen molar-refractivity contribution in [3.05, 3.63) is 236 Å². The van der Waals surface area contributed by atoms with Gasteiger partial charge >= 0.3 is 0 Å². The van der Waals surface area contributed by atoms with Crippen LogP contribution in [0.25, 0.3) is 99.7 Å². The number of anilines is 2. The van der Waals surface area contributed by atoms with Crippen LogP contribution >= 0.6 is 0 Å². The molecule has 0 N–H and O–H groups in total. The summed E-state index contributed by atoms with van der Waals surface area (Å²) in [4.78, 5) is 19.2. The van der Waals surface area contributed by atoms with Crippen LogP contribution < -0.4 is 4.90 Å². The van der Waals surface area contributed by atoms with Gasteiger partial charge in [-0.05, 0) is 89.0 Å². The summed E-state index contributed by atoms with van der Waals surface area (Å²) in [6, 6.07) is 73.1. The van der Waals surface area contributed by atoms with E-state index in [-0.39, 0.29) is 6.04 Å². The highest BCUT2D eigenvalue weighted by molar-refractivity contribution is 6.16. The minimum atomic E-state index is -0.531. The van der Waals surface area contributed by atoms with E-state index < -0.39 is 5.41 Å². The van der Waals surface area contributed by atoms with Crippen LogP contribution in [0, 0.1) is 0 Å². The maximum Gasteiger partial charge on any atom is 0.169 e. The van der Waals surface area contributed by atoms with Gasteiger partial charge in [-0.15, -0.1) is 0 Å². The SMILES string of the molecule is CC12C(c3nc(-c4ccc(-c5ccccc5)cc4)nc(-c4c(-n5c6ccccc6c6cc7ccccc7cc65)ccc5c4oc4ccccc45)n3)=CC=CC1N(c1ccccc1)c1ccccc12. The van der Waals surface area contributed by atoms with Crippen molar-refractivity contribution in [3.8, 4) is 39.6 Å². The van der Waals surface area contributed by atoms with Crippen molar-refractivity contribution in [3.63, 3.8) is 0 Å². The molecule has 0 radical (unpaired) electrons. The second-order valence-electron chi connectivity index (χ2n) is 18.1. The number of furan rings is 1. The van der Waals surface area contributed by atoms with Crippen molar-refractivity contribution in [2.24, 2.45) is 0 Å². The quantitative estimate of drug-likeness (QED) is 0.167. The average molecular weight is 872 g/mol. The number of aromatic nitrogens is 4. The summed E-state index contributed by atoms with van der Waals surface area (Å²) in [5, 5.41) is 6.74. The summed E-state index contributed by atoms with van der Waals surface area (Å²) in [7, 11) is 0. The van der Waals surface area contributed by atoms with Gasteiger partial charge in [0.2, 0.25) is 0 Å². The molecule has 0 spiro atoms. The maximum absolute atomic E-state index is 7.02. The second-order valence-corrected chi connectivity index (χ2v) is 18.1.